The van der Waals surface area contributed by atoms with Gasteiger partial charge >= 0.3 is 0 Å². The predicted octanol–water partition coefficient (Wildman–Crippen LogP) is 2.31. The van der Waals surface area contributed by atoms with Crippen LogP contribution in [0.4, 0.5) is 0 Å². The van der Waals surface area contributed by atoms with E-state index in [0.717, 1.165) is 18.7 Å². The molecule has 2 N–H and O–H groups in total. The SMILES string of the molecule is CCNC(Cc1cc(C)cc(C)c1)c1cn[nH]n1. The number of aromatic nitrogens is 3. The molecular formula is C14H20N4. The van der Waals surface area contributed by atoms with E-state index in [4.69, 9.17) is 0 Å². The second kappa shape index (κ2) is 5.78. The summed E-state index contributed by atoms with van der Waals surface area (Å²) in [6.45, 7) is 7.29. The molecule has 0 bridgehead atoms. The van der Waals surface area contributed by atoms with E-state index in [-0.39, 0.29) is 6.04 Å². The molecule has 1 heterocycles. The summed E-state index contributed by atoms with van der Waals surface area (Å²) in [5.41, 5.74) is 4.92. The molecule has 1 aromatic heterocycles. The van der Waals surface area contributed by atoms with Gasteiger partial charge in [0.15, 0.2) is 0 Å². The van der Waals surface area contributed by atoms with Gasteiger partial charge in [-0.25, -0.2) is 0 Å². The third-order valence-corrected chi connectivity index (χ3v) is 2.96. The van der Waals surface area contributed by atoms with Crippen LogP contribution in [0, 0.1) is 13.8 Å². The molecule has 0 radical (unpaired) electrons. The van der Waals surface area contributed by atoms with Gasteiger partial charge in [0.25, 0.3) is 0 Å². The molecule has 0 saturated carbocycles. The molecule has 0 amide bonds. The van der Waals surface area contributed by atoms with Crippen molar-refractivity contribution in [2.75, 3.05) is 6.54 Å². The maximum Gasteiger partial charge on any atom is 0.0997 e. The topological polar surface area (TPSA) is 53.6 Å². The average molecular weight is 244 g/mol. The van der Waals surface area contributed by atoms with E-state index >= 15 is 0 Å². The first-order chi connectivity index (χ1) is 8.69. The van der Waals surface area contributed by atoms with Gasteiger partial charge < -0.3 is 5.32 Å². The fourth-order valence-electron chi connectivity index (χ4n) is 2.33. The molecule has 0 aliphatic carbocycles. The third-order valence-electron chi connectivity index (χ3n) is 2.96. The summed E-state index contributed by atoms with van der Waals surface area (Å²) in [5, 5.41) is 14.2. The van der Waals surface area contributed by atoms with Crippen molar-refractivity contribution in [2.45, 2.75) is 33.2 Å². The summed E-state index contributed by atoms with van der Waals surface area (Å²) in [4.78, 5) is 0. The summed E-state index contributed by atoms with van der Waals surface area (Å²) < 4.78 is 0. The molecule has 2 aromatic rings. The van der Waals surface area contributed by atoms with Gasteiger partial charge in [-0.15, -0.1) is 0 Å². The Balaban J connectivity index is 2.18. The van der Waals surface area contributed by atoms with Crippen LogP contribution in [0.15, 0.2) is 24.4 Å². The summed E-state index contributed by atoms with van der Waals surface area (Å²) in [7, 11) is 0. The smallest absolute Gasteiger partial charge is 0.0997 e. The van der Waals surface area contributed by atoms with E-state index in [0.29, 0.717) is 0 Å². The lowest BCUT2D eigenvalue weighted by Gasteiger charge is -2.16. The van der Waals surface area contributed by atoms with Crippen molar-refractivity contribution in [3.05, 3.63) is 46.8 Å². The minimum atomic E-state index is 0.218. The van der Waals surface area contributed by atoms with Crippen molar-refractivity contribution in [3.8, 4) is 0 Å². The van der Waals surface area contributed by atoms with E-state index in [1.165, 1.54) is 16.7 Å². The number of likely N-dealkylation sites (N-methyl/N-ethyl adjacent to an activating group) is 1. The quantitative estimate of drug-likeness (QED) is 0.848. The van der Waals surface area contributed by atoms with Gasteiger partial charge in [0.05, 0.1) is 17.9 Å². The largest absolute Gasteiger partial charge is 0.309 e. The molecule has 0 fully saturated rings. The Hall–Kier alpha value is -1.68. The molecule has 2 rings (SSSR count). The second-order valence-electron chi connectivity index (χ2n) is 4.71. The summed E-state index contributed by atoms with van der Waals surface area (Å²) >= 11 is 0. The fraction of sp³-hybridized carbons (Fsp3) is 0.429. The zero-order valence-corrected chi connectivity index (χ0v) is 11.2. The van der Waals surface area contributed by atoms with Crippen LogP contribution in [-0.2, 0) is 6.42 Å². The van der Waals surface area contributed by atoms with Crippen LogP contribution in [0.5, 0.6) is 0 Å². The van der Waals surface area contributed by atoms with Crippen molar-refractivity contribution < 1.29 is 0 Å². The zero-order chi connectivity index (χ0) is 13.0. The first-order valence-electron chi connectivity index (χ1n) is 6.35. The van der Waals surface area contributed by atoms with Crippen LogP contribution in [0.3, 0.4) is 0 Å². The lowest BCUT2D eigenvalue weighted by molar-refractivity contribution is 0.535. The highest BCUT2D eigenvalue weighted by molar-refractivity contribution is 5.29. The Morgan fingerprint density at radius 2 is 1.94 bits per heavy atom. The van der Waals surface area contributed by atoms with Gasteiger partial charge in [0.2, 0.25) is 0 Å². The molecule has 0 saturated heterocycles. The Kier molecular flexibility index (Phi) is 4.10. The molecule has 1 atom stereocenters. The van der Waals surface area contributed by atoms with Crippen molar-refractivity contribution in [1.82, 2.24) is 20.7 Å². The lowest BCUT2D eigenvalue weighted by Crippen LogP contribution is -2.23. The molecule has 4 heteroatoms. The Morgan fingerprint density at radius 1 is 1.22 bits per heavy atom. The number of benzene rings is 1. The van der Waals surface area contributed by atoms with Crippen LogP contribution >= 0.6 is 0 Å². The van der Waals surface area contributed by atoms with E-state index in [9.17, 15) is 0 Å². The van der Waals surface area contributed by atoms with Crippen LogP contribution < -0.4 is 5.32 Å². The van der Waals surface area contributed by atoms with E-state index in [1.807, 2.05) is 0 Å². The van der Waals surface area contributed by atoms with Gasteiger partial charge in [-0.1, -0.05) is 36.2 Å². The van der Waals surface area contributed by atoms with Crippen molar-refractivity contribution in [1.29, 1.82) is 0 Å². The second-order valence-corrected chi connectivity index (χ2v) is 4.71. The summed E-state index contributed by atoms with van der Waals surface area (Å²) in [5.74, 6) is 0. The van der Waals surface area contributed by atoms with Crippen molar-refractivity contribution in [2.24, 2.45) is 0 Å². The highest BCUT2D eigenvalue weighted by Gasteiger charge is 2.14. The average Bonchev–Trinajstić information content (AvgIpc) is 2.80. The zero-order valence-electron chi connectivity index (χ0n) is 11.2. The maximum atomic E-state index is 4.18. The van der Waals surface area contributed by atoms with Crippen LogP contribution in [0.1, 0.15) is 35.3 Å². The molecule has 18 heavy (non-hydrogen) atoms. The number of nitrogens with one attached hydrogen (secondary N) is 2. The number of hydrogen-bond donors (Lipinski definition) is 2. The molecule has 0 aliphatic rings. The van der Waals surface area contributed by atoms with Gasteiger partial charge in [0, 0.05) is 0 Å². The third kappa shape index (κ3) is 3.17. The maximum absolute atomic E-state index is 4.18. The van der Waals surface area contributed by atoms with Crippen molar-refractivity contribution >= 4 is 0 Å². The highest BCUT2D eigenvalue weighted by Crippen LogP contribution is 2.18. The van der Waals surface area contributed by atoms with Gasteiger partial charge in [0.1, 0.15) is 0 Å². The summed E-state index contributed by atoms with van der Waals surface area (Å²) in [6.07, 6.45) is 2.72. The normalized spacial score (nSPS) is 12.6. The highest BCUT2D eigenvalue weighted by atomic mass is 15.3. The molecule has 4 nitrogen and oxygen atoms in total. The first kappa shape index (κ1) is 12.8. The number of aromatic amines is 1. The van der Waals surface area contributed by atoms with Crippen LogP contribution in [0.25, 0.3) is 0 Å². The number of H-pyrrole nitrogens is 1. The van der Waals surface area contributed by atoms with Gasteiger partial charge in [-0.2, -0.15) is 15.4 Å². The molecule has 96 valence electrons. The molecular weight excluding hydrogens is 224 g/mol. The first-order valence-corrected chi connectivity index (χ1v) is 6.35. The van der Waals surface area contributed by atoms with E-state index in [2.05, 4.69) is 59.7 Å². The standard InChI is InChI=1S/C14H20N4/c1-4-15-13(14-9-16-18-17-14)8-12-6-10(2)5-11(3)7-12/h5-7,9,13,15H,4,8H2,1-3H3,(H,16,17,18). The number of aryl methyl sites for hydroxylation is 2. The molecule has 0 spiro atoms. The fourth-order valence-corrected chi connectivity index (χ4v) is 2.33. The van der Waals surface area contributed by atoms with Gasteiger partial charge in [-0.05, 0) is 32.4 Å². The molecule has 0 aliphatic heterocycles. The van der Waals surface area contributed by atoms with Crippen LogP contribution in [0.2, 0.25) is 0 Å². The van der Waals surface area contributed by atoms with E-state index < -0.39 is 0 Å². The Labute approximate surface area is 108 Å². The lowest BCUT2D eigenvalue weighted by atomic mass is 10.00. The minimum absolute atomic E-state index is 0.218. The molecule has 1 unspecified atom stereocenters. The predicted molar refractivity (Wildman–Crippen MR) is 72.4 cm³/mol. The minimum Gasteiger partial charge on any atom is -0.309 e. The Bertz CT molecular complexity index is 470. The monoisotopic (exact) mass is 244 g/mol. The van der Waals surface area contributed by atoms with Gasteiger partial charge in [-0.3, -0.25) is 0 Å². The summed E-state index contributed by atoms with van der Waals surface area (Å²) in [6, 6.07) is 6.88. The number of rotatable bonds is 5. The van der Waals surface area contributed by atoms with Crippen LogP contribution in [-0.4, -0.2) is 22.0 Å². The number of hydrogen-bond acceptors (Lipinski definition) is 3. The Morgan fingerprint density at radius 3 is 2.50 bits per heavy atom. The molecule has 1 aromatic carbocycles. The van der Waals surface area contributed by atoms with Crippen molar-refractivity contribution in [3.63, 3.8) is 0 Å². The number of nitrogens with zero attached hydrogens (tertiary/aromatic N) is 2. The van der Waals surface area contributed by atoms with E-state index in [1.54, 1.807) is 6.20 Å².